The minimum atomic E-state index is -0.322. The highest BCUT2D eigenvalue weighted by Crippen LogP contribution is 2.38. The van der Waals surface area contributed by atoms with Crippen LogP contribution in [-0.4, -0.2) is 4.57 Å². The van der Waals surface area contributed by atoms with Gasteiger partial charge >= 0.3 is 5.76 Å². The lowest BCUT2D eigenvalue weighted by atomic mass is 9.95. The van der Waals surface area contributed by atoms with Gasteiger partial charge < -0.3 is 10.2 Å². The molecule has 0 amide bonds. The molecule has 0 fully saturated rings. The molecule has 0 aliphatic carbocycles. The van der Waals surface area contributed by atoms with E-state index < -0.39 is 0 Å². The van der Waals surface area contributed by atoms with Gasteiger partial charge in [-0.2, -0.15) is 0 Å². The smallest absolute Gasteiger partial charge is 0.407 e. The predicted octanol–water partition coefficient (Wildman–Crippen LogP) is 2.91. The van der Waals surface area contributed by atoms with Gasteiger partial charge in [-0.25, -0.2) is 4.79 Å². The van der Waals surface area contributed by atoms with Crippen molar-refractivity contribution in [2.24, 2.45) is 0 Å². The summed E-state index contributed by atoms with van der Waals surface area (Å²) in [6.45, 7) is 0.640. The van der Waals surface area contributed by atoms with Crippen molar-refractivity contribution in [3.63, 3.8) is 0 Å². The first kappa shape index (κ1) is 12.0. The fourth-order valence-electron chi connectivity index (χ4n) is 2.96. The fraction of sp³-hybridized carbons (Fsp3) is 0.118. The highest BCUT2D eigenvalue weighted by molar-refractivity contribution is 5.84. The SMILES string of the molecule is Nc1ccccc1-c1oc(=O)n2c1-c1ccccc1CC2. The van der Waals surface area contributed by atoms with Crippen molar-refractivity contribution in [2.75, 3.05) is 5.73 Å². The molecular formula is C17H14N2O2. The number of aromatic nitrogens is 1. The molecule has 1 aliphatic heterocycles. The Morgan fingerprint density at radius 1 is 1.00 bits per heavy atom. The van der Waals surface area contributed by atoms with E-state index in [2.05, 4.69) is 6.07 Å². The van der Waals surface area contributed by atoms with E-state index in [0.29, 0.717) is 18.0 Å². The zero-order valence-electron chi connectivity index (χ0n) is 11.4. The van der Waals surface area contributed by atoms with Gasteiger partial charge in [0, 0.05) is 23.4 Å². The van der Waals surface area contributed by atoms with Crippen molar-refractivity contribution in [2.45, 2.75) is 13.0 Å². The maximum Gasteiger partial charge on any atom is 0.420 e. The number of benzene rings is 2. The third-order valence-corrected chi connectivity index (χ3v) is 3.98. The first-order chi connectivity index (χ1) is 10.3. The van der Waals surface area contributed by atoms with Crippen LogP contribution in [0.3, 0.4) is 0 Å². The summed E-state index contributed by atoms with van der Waals surface area (Å²) in [6, 6.07) is 15.6. The topological polar surface area (TPSA) is 61.2 Å². The van der Waals surface area contributed by atoms with Gasteiger partial charge in [0.25, 0.3) is 0 Å². The molecule has 2 aromatic carbocycles. The second kappa shape index (κ2) is 4.38. The number of rotatable bonds is 1. The molecule has 2 heterocycles. The van der Waals surface area contributed by atoms with Crippen LogP contribution in [0.15, 0.2) is 57.7 Å². The molecule has 0 radical (unpaired) electrons. The van der Waals surface area contributed by atoms with Crippen LogP contribution in [0.2, 0.25) is 0 Å². The molecule has 0 atom stereocenters. The molecule has 0 saturated carbocycles. The summed E-state index contributed by atoms with van der Waals surface area (Å²) in [4.78, 5) is 12.1. The molecule has 0 spiro atoms. The molecule has 4 rings (SSSR count). The van der Waals surface area contributed by atoms with Gasteiger partial charge in [-0.05, 0) is 24.1 Å². The molecule has 1 aliphatic rings. The predicted molar refractivity (Wildman–Crippen MR) is 82.0 cm³/mol. The lowest BCUT2D eigenvalue weighted by molar-refractivity contribution is 0.486. The van der Waals surface area contributed by atoms with Crippen LogP contribution in [0, 0.1) is 0 Å². The quantitative estimate of drug-likeness (QED) is 0.696. The van der Waals surface area contributed by atoms with Crippen LogP contribution in [0.25, 0.3) is 22.6 Å². The zero-order chi connectivity index (χ0) is 14.4. The third-order valence-electron chi connectivity index (χ3n) is 3.98. The van der Waals surface area contributed by atoms with Crippen LogP contribution in [0.1, 0.15) is 5.56 Å². The maximum atomic E-state index is 12.1. The van der Waals surface area contributed by atoms with Crippen LogP contribution in [-0.2, 0) is 13.0 Å². The van der Waals surface area contributed by atoms with E-state index in [9.17, 15) is 4.79 Å². The lowest BCUT2D eigenvalue weighted by Gasteiger charge is -2.18. The number of nitrogens with two attached hydrogens (primary N) is 1. The van der Waals surface area contributed by atoms with Crippen LogP contribution in [0.5, 0.6) is 0 Å². The van der Waals surface area contributed by atoms with Crippen molar-refractivity contribution in [1.82, 2.24) is 4.57 Å². The van der Waals surface area contributed by atoms with Gasteiger partial charge in [-0.15, -0.1) is 0 Å². The minimum Gasteiger partial charge on any atom is -0.407 e. The summed E-state index contributed by atoms with van der Waals surface area (Å²) >= 11 is 0. The van der Waals surface area contributed by atoms with E-state index in [-0.39, 0.29) is 5.76 Å². The number of anilines is 1. The Morgan fingerprint density at radius 3 is 2.52 bits per heavy atom. The van der Waals surface area contributed by atoms with Crippen molar-refractivity contribution in [3.05, 3.63) is 64.6 Å². The number of hydrogen-bond acceptors (Lipinski definition) is 3. The molecule has 0 unspecified atom stereocenters. The summed E-state index contributed by atoms with van der Waals surface area (Å²) in [5, 5.41) is 0. The lowest BCUT2D eigenvalue weighted by Crippen LogP contribution is -2.20. The van der Waals surface area contributed by atoms with Crippen molar-refractivity contribution >= 4 is 5.69 Å². The van der Waals surface area contributed by atoms with E-state index >= 15 is 0 Å². The molecule has 0 saturated heterocycles. The van der Waals surface area contributed by atoms with Gasteiger partial charge in [0.05, 0.1) is 5.69 Å². The Labute approximate surface area is 121 Å². The number of nitrogens with zero attached hydrogens (tertiary/aromatic N) is 1. The maximum absolute atomic E-state index is 12.1. The molecule has 104 valence electrons. The van der Waals surface area contributed by atoms with Crippen molar-refractivity contribution in [1.29, 1.82) is 0 Å². The van der Waals surface area contributed by atoms with Gasteiger partial charge in [0.1, 0.15) is 0 Å². The highest BCUT2D eigenvalue weighted by Gasteiger charge is 2.25. The number of para-hydroxylation sites is 1. The van der Waals surface area contributed by atoms with E-state index in [1.54, 1.807) is 4.57 Å². The Kier molecular flexibility index (Phi) is 2.51. The first-order valence-corrected chi connectivity index (χ1v) is 6.92. The highest BCUT2D eigenvalue weighted by atomic mass is 16.4. The molecule has 2 N–H and O–H groups in total. The molecule has 3 aromatic rings. The third kappa shape index (κ3) is 1.72. The van der Waals surface area contributed by atoms with Gasteiger partial charge in [0.15, 0.2) is 5.76 Å². The van der Waals surface area contributed by atoms with Crippen molar-refractivity contribution < 1.29 is 4.42 Å². The molecule has 0 bridgehead atoms. The van der Waals surface area contributed by atoms with Crippen LogP contribution < -0.4 is 11.5 Å². The van der Waals surface area contributed by atoms with E-state index in [1.807, 2.05) is 42.5 Å². The van der Waals surface area contributed by atoms with E-state index in [1.165, 1.54) is 5.56 Å². The largest absolute Gasteiger partial charge is 0.420 e. The fourth-order valence-corrected chi connectivity index (χ4v) is 2.96. The Hall–Kier alpha value is -2.75. The molecule has 4 heteroatoms. The molecule has 4 nitrogen and oxygen atoms in total. The van der Waals surface area contributed by atoms with Gasteiger partial charge in [-0.1, -0.05) is 36.4 Å². The van der Waals surface area contributed by atoms with Gasteiger partial charge in [0.2, 0.25) is 0 Å². The number of fused-ring (bicyclic) bond motifs is 3. The van der Waals surface area contributed by atoms with Crippen LogP contribution in [0.4, 0.5) is 5.69 Å². The Bertz CT molecular complexity index is 890. The minimum absolute atomic E-state index is 0.322. The molecular weight excluding hydrogens is 264 g/mol. The molecule has 21 heavy (non-hydrogen) atoms. The summed E-state index contributed by atoms with van der Waals surface area (Å²) in [6.07, 6.45) is 0.840. The van der Waals surface area contributed by atoms with E-state index in [0.717, 1.165) is 23.2 Å². The second-order valence-corrected chi connectivity index (χ2v) is 5.19. The number of aryl methyl sites for hydroxylation is 1. The second-order valence-electron chi connectivity index (χ2n) is 5.19. The number of nitrogen functional groups attached to an aromatic ring is 1. The molecule has 1 aromatic heterocycles. The first-order valence-electron chi connectivity index (χ1n) is 6.92. The number of hydrogen-bond donors (Lipinski definition) is 1. The summed E-state index contributed by atoms with van der Waals surface area (Å²) in [7, 11) is 0. The Balaban J connectivity index is 2.06. The normalized spacial score (nSPS) is 12.8. The van der Waals surface area contributed by atoms with Gasteiger partial charge in [-0.3, -0.25) is 4.57 Å². The van der Waals surface area contributed by atoms with Crippen LogP contribution >= 0.6 is 0 Å². The summed E-state index contributed by atoms with van der Waals surface area (Å²) < 4.78 is 7.22. The zero-order valence-corrected chi connectivity index (χ0v) is 11.4. The summed E-state index contributed by atoms with van der Waals surface area (Å²) in [5.74, 6) is 0.239. The standard InChI is InChI=1S/C17H14N2O2/c18-14-8-4-3-7-13(14)16-15-12-6-2-1-5-11(12)9-10-19(15)17(20)21-16/h1-8H,9-10,18H2. The average molecular weight is 278 g/mol. The average Bonchev–Trinajstić information content (AvgIpc) is 2.85. The summed E-state index contributed by atoms with van der Waals surface area (Å²) in [5.41, 5.74) is 10.5. The number of oxazole rings is 1. The van der Waals surface area contributed by atoms with E-state index in [4.69, 9.17) is 10.2 Å². The van der Waals surface area contributed by atoms with Crippen molar-refractivity contribution in [3.8, 4) is 22.6 Å². The Morgan fingerprint density at radius 2 is 1.71 bits per heavy atom. The monoisotopic (exact) mass is 278 g/mol.